The SMILES string of the molecule is CC(C)(C)OC(=O)N[C@@H](Cc1ccc(NC(=O)CN)cc1)C(=O)OC(C)(C)C. The van der Waals surface area contributed by atoms with Crippen LogP contribution in [-0.2, 0) is 25.5 Å². The summed E-state index contributed by atoms with van der Waals surface area (Å²) in [5, 5.41) is 5.22. The molecule has 8 heteroatoms. The number of benzene rings is 1. The number of nitrogens with two attached hydrogens (primary N) is 1. The van der Waals surface area contributed by atoms with E-state index in [1.54, 1.807) is 65.8 Å². The van der Waals surface area contributed by atoms with Crippen molar-refractivity contribution < 1.29 is 23.9 Å². The predicted molar refractivity (Wildman–Crippen MR) is 107 cm³/mol. The van der Waals surface area contributed by atoms with Crippen LogP contribution in [0.1, 0.15) is 47.1 Å². The van der Waals surface area contributed by atoms with Gasteiger partial charge < -0.3 is 25.8 Å². The lowest BCUT2D eigenvalue weighted by molar-refractivity contribution is -0.157. The van der Waals surface area contributed by atoms with E-state index in [4.69, 9.17) is 15.2 Å². The molecule has 0 heterocycles. The van der Waals surface area contributed by atoms with E-state index in [1.807, 2.05) is 0 Å². The minimum Gasteiger partial charge on any atom is -0.458 e. The molecule has 0 radical (unpaired) electrons. The highest BCUT2D eigenvalue weighted by Gasteiger charge is 2.28. The van der Waals surface area contributed by atoms with Crippen molar-refractivity contribution in [2.75, 3.05) is 11.9 Å². The number of amides is 2. The summed E-state index contributed by atoms with van der Waals surface area (Å²) in [6.45, 7) is 10.4. The number of carbonyl (C=O) groups excluding carboxylic acids is 3. The van der Waals surface area contributed by atoms with Crippen LogP contribution in [0.5, 0.6) is 0 Å². The number of carbonyl (C=O) groups is 3. The van der Waals surface area contributed by atoms with Crippen LogP contribution < -0.4 is 16.4 Å². The number of alkyl carbamates (subject to hydrolysis) is 1. The van der Waals surface area contributed by atoms with Crippen molar-refractivity contribution in [1.82, 2.24) is 5.32 Å². The molecular weight excluding hydrogens is 362 g/mol. The summed E-state index contributed by atoms with van der Waals surface area (Å²) < 4.78 is 10.7. The molecule has 8 nitrogen and oxygen atoms in total. The van der Waals surface area contributed by atoms with Crippen molar-refractivity contribution in [3.8, 4) is 0 Å². The summed E-state index contributed by atoms with van der Waals surface area (Å²) in [7, 11) is 0. The van der Waals surface area contributed by atoms with Gasteiger partial charge in [0.1, 0.15) is 17.2 Å². The second kappa shape index (κ2) is 9.54. The molecule has 1 atom stereocenters. The third kappa shape index (κ3) is 9.36. The largest absolute Gasteiger partial charge is 0.458 e. The van der Waals surface area contributed by atoms with E-state index in [2.05, 4.69) is 10.6 Å². The number of ether oxygens (including phenoxy) is 2. The fourth-order valence-corrected chi connectivity index (χ4v) is 2.19. The Kier molecular flexibility index (Phi) is 7.99. The van der Waals surface area contributed by atoms with Crippen LogP contribution >= 0.6 is 0 Å². The van der Waals surface area contributed by atoms with Gasteiger partial charge in [-0.3, -0.25) is 4.79 Å². The van der Waals surface area contributed by atoms with Gasteiger partial charge in [-0.15, -0.1) is 0 Å². The van der Waals surface area contributed by atoms with E-state index in [9.17, 15) is 14.4 Å². The number of nitrogens with one attached hydrogen (secondary N) is 2. The first-order valence-corrected chi connectivity index (χ1v) is 9.10. The molecule has 0 fully saturated rings. The first kappa shape index (κ1) is 23.4. The van der Waals surface area contributed by atoms with Gasteiger partial charge in [-0.2, -0.15) is 0 Å². The molecule has 156 valence electrons. The number of anilines is 1. The molecule has 0 aliphatic heterocycles. The standard InChI is InChI=1S/C20H31N3O5/c1-19(2,3)27-17(25)15(23-18(26)28-20(4,5)6)11-13-7-9-14(10-8-13)22-16(24)12-21/h7-10,15H,11-12,21H2,1-6H3,(H,22,24)(H,23,26)/t15-/m0/s1. The molecule has 2 amide bonds. The van der Waals surface area contributed by atoms with Gasteiger partial charge in [-0.1, -0.05) is 12.1 Å². The van der Waals surface area contributed by atoms with Gasteiger partial charge in [0, 0.05) is 12.1 Å². The molecule has 0 aliphatic rings. The molecule has 1 aromatic carbocycles. The van der Waals surface area contributed by atoms with Crippen molar-refractivity contribution in [3.05, 3.63) is 29.8 Å². The van der Waals surface area contributed by atoms with Gasteiger partial charge >= 0.3 is 12.1 Å². The number of hydrogen-bond donors (Lipinski definition) is 3. The maximum absolute atomic E-state index is 12.6. The summed E-state index contributed by atoms with van der Waals surface area (Å²) in [5.74, 6) is -0.857. The van der Waals surface area contributed by atoms with Gasteiger partial charge in [-0.25, -0.2) is 9.59 Å². The fourth-order valence-electron chi connectivity index (χ4n) is 2.19. The summed E-state index contributed by atoms with van der Waals surface area (Å²) in [5.41, 5.74) is 5.26. The maximum atomic E-state index is 12.6. The first-order chi connectivity index (χ1) is 12.8. The average Bonchev–Trinajstić information content (AvgIpc) is 2.52. The topological polar surface area (TPSA) is 120 Å². The van der Waals surface area contributed by atoms with Crippen LogP contribution in [0.25, 0.3) is 0 Å². The highest BCUT2D eigenvalue weighted by molar-refractivity contribution is 5.92. The molecule has 4 N–H and O–H groups in total. The van der Waals surface area contributed by atoms with Crippen LogP contribution in [0, 0.1) is 0 Å². The normalized spacial score (nSPS) is 12.7. The predicted octanol–water partition coefficient (Wildman–Crippen LogP) is 2.36. The Morgan fingerprint density at radius 1 is 0.964 bits per heavy atom. The lowest BCUT2D eigenvalue weighted by Crippen LogP contribution is -2.47. The van der Waals surface area contributed by atoms with E-state index in [0.717, 1.165) is 5.56 Å². The van der Waals surface area contributed by atoms with Gasteiger partial charge in [0.15, 0.2) is 0 Å². The molecule has 0 aliphatic carbocycles. The Bertz CT molecular complexity index is 687. The number of esters is 1. The molecule has 0 saturated heterocycles. The molecule has 0 unspecified atom stereocenters. The quantitative estimate of drug-likeness (QED) is 0.638. The average molecular weight is 393 g/mol. The molecule has 1 aromatic rings. The Balaban J connectivity index is 2.90. The smallest absolute Gasteiger partial charge is 0.408 e. The Morgan fingerprint density at radius 3 is 1.96 bits per heavy atom. The third-order valence-electron chi connectivity index (χ3n) is 3.25. The zero-order valence-corrected chi connectivity index (χ0v) is 17.4. The van der Waals surface area contributed by atoms with E-state index in [1.165, 1.54) is 0 Å². The lowest BCUT2D eigenvalue weighted by Gasteiger charge is -2.26. The van der Waals surface area contributed by atoms with E-state index >= 15 is 0 Å². The Labute approximate surface area is 166 Å². The van der Waals surface area contributed by atoms with Crippen molar-refractivity contribution in [2.45, 2.75) is 65.2 Å². The van der Waals surface area contributed by atoms with Gasteiger partial charge in [0.25, 0.3) is 0 Å². The summed E-state index contributed by atoms with van der Waals surface area (Å²) in [6.07, 6.45) is -0.491. The van der Waals surface area contributed by atoms with Crippen LogP contribution in [0.4, 0.5) is 10.5 Å². The van der Waals surface area contributed by atoms with Crippen molar-refractivity contribution in [1.29, 1.82) is 0 Å². The molecule has 1 rings (SSSR count). The summed E-state index contributed by atoms with van der Waals surface area (Å²) in [4.78, 5) is 36.0. The van der Waals surface area contributed by atoms with E-state index in [-0.39, 0.29) is 18.9 Å². The Hall–Kier alpha value is -2.61. The highest BCUT2D eigenvalue weighted by Crippen LogP contribution is 2.15. The molecule has 0 spiro atoms. The monoisotopic (exact) mass is 393 g/mol. The summed E-state index contributed by atoms with van der Waals surface area (Å²) >= 11 is 0. The van der Waals surface area contributed by atoms with Crippen LogP contribution in [0.2, 0.25) is 0 Å². The van der Waals surface area contributed by atoms with Crippen molar-refractivity contribution in [3.63, 3.8) is 0 Å². The molecular formula is C20H31N3O5. The highest BCUT2D eigenvalue weighted by atomic mass is 16.6. The van der Waals surface area contributed by atoms with Gasteiger partial charge in [0.05, 0.1) is 6.54 Å². The zero-order chi connectivity index (χ0) is 21.5. The fraction of sp³-hybridized carbons (Fsp3) is 0.550. The summed E-state index contributed by atoms with van der Waals surface area (Å²) in [6, 6.07) is 5.98. The van der Waals surface area contributed by atoms with Crippen LogP contribution in [-0.4, -0.2) is 41.8 Å². The molecule has 0 aromatic heterocycles. The van der Waals surface area contributed by atoms with Crippen LogP contribution in [0.15, 0.2) is 24.3 Å². The number of rotatable bonds is 6. The third-order valence-corrected chi connectivity index (χ3v) is 3.25. The first-order valence-electron chi connectivity index (χ1n) is 9.10. The van der Waals surface area contributed by atoms with E-state index in [0.29, 0.717) is 5.69 Å². The number of hydrogen-bond acceptors (Lipinski definition) is 6. The molecule has 0 bridgehead atoms. The molecule has 28 heavy (non-hydrogen) atoms. The second-order valence-corrected chi connectivity index (χ2v) is 8.39. The Morgan fingerprint density at radius 2 is 1.50 bits per heavy atom. The van der Waals surface area contributed by atoms with Crippen LogP contribution in [0.3, 0.4) is 0 Å². The lowest BCUT2D eigenvalue weighted by atomic mass is 10.0. The second-order valence-electron chi connectivity index (χ2n) is 8.39. The van der Waals surface area contributed by atoms with Crippen molar-refractivity contribution in [2.24, 2.45) is 5.73 Å². The maximum Gasteiger partial charge on any atom is 0.408 e. The minimum atomic E-state index is -0.918. The molecule has 0 saturated carbocycles. The van der Waals surface area contributed by atoms with E-state index < -0.39 is 29.3 Å². The minimum absolute atomic E-state index is 0.109. The van der Waals surface area contributed by atoms with Gasteiger partial charge in [-0.05, 0) is 59.2 Å². The van der Waals surface area contributed by atoms with Crippen molar-refractivity contribution >= 4 is 23.7 Å². The van der Waals surface area contributed by atoms with Gasteiger partial charge in [0.2, 0.25) is 5.91 Å². The zero-order valence-electron chi connectivity index (χ0n) is 17.4.